The minimum absolute atomic E-state index is 0.105. The van der Waals surface area contributed by atoms with Gasteiger partial charge in [0.15, 0.2) is 11.5 Å². The number of imidazole rings is 1. The highest BCUT2D eigenvalue weighted by atomic mass is 35.5. The quantitative estimate of drug-likeness (QED) is 0.402. The van der Waals surface area contributed by atoms with Gasteiger partial charge in [0.05, 0.1) is 15.6 Å². The highest BCUT2D eigenvalue weighted by Gasteiger charge is 2.33. The molecule has 0 saturated heterocycles. The number of alkyl halides is 3. The predicted octanol–water partition coefficient (Wildman–Crippen LogP) is 4.46. The van der Waals surface area contributed by atoms with E-state index in [-0.39, 0.29) is 33.2 Å². The molecule has 4 rings (SSSR count). The molecule has 0 saturated carbocycles. The second kappa shape index (κ2) is 7.01. The van der Waals surface area contributed by atoms with Crippen LogP contribution in [0.4, 0.5) is 30.5 Å². The molecule has 148 valence electrons. The molecule has 0 spiro atoms. The van der Waals surface area contributed by atoms with Crippen LogP contribution in [0.2, 0.25) is 10.0 Å². The number of halogens is 5. The zero-order valence-corrected chi connectivity index (χ0v) is 15.6. The molecule has 0 amide bonds. The molecule has 0 unspecified atom stereocenters. The SMILES string of the molecule is Nc1cc(Cl)c(-c2nc3ncnc(Nc4cc(C(F)(F)F)ncn4)c3[nH]2)c(Cl)c1. The molecule has 0 aliphatic carbocycles. The Kier molecular flexibility index (Phi) is 4.63. The van der Waals surface area contributed by atoms with Gasteiger partial charge in [0, 0.05) is 11.8 Å². The topological polar surface area (TPSA) is 118 Å². The molecule has 3 aromatic heterocycles. The first-order valence-electron chi connectivity index (χ1n) is 7.84. The van der Waals surface area contributed by atoms with Gasteiger partial charge in [-0.15, -0.1) is 0 Å². The van der Waals surface area contributed by atoms with Crippen LogP contribution in [-0.4, -0.2) is 29.9 Å². The van der Waals surface area contributed by atoms with E-state index in [1.807, 2.05) is 0 Å². The lowest BCUT2D eigenvalue weighted by Crippen LogP contribution is -2.09. The number of benzene rings is 1. The van der Waals surface area contributed by atoms with Gasteiger partial charge in [0.25, 0.3) is 0 Å². The third-order valence-electron chi connectivity index (χ3n) is 3.79. The van der Waals surface area contributed by atoms with E-state index < -0.39 is 11.9 Å². The molecular formula is C16H9Cl2F3N8. The van der Waals surface area contributed by atoms with Gasteiger partial charge in [-0.3, -0.25) is 0 Å². The molecule has 13 heteroatoms. The summed E-state index contributed by atoms with van der Waals surface area (Å²) in [6.07, 6.45) is -2.60. The van der Waals surface area contributed by atoms with Crippen LogP contribution in [0.1, 0.15) is 5.69 Å². The van der Waals surface area contributed by atoms with Gasteiger partial charge < -0.3 is 16.0 Å². The van der Waals surface area contributed by atoms with E-state index in [0.29, 0.717) is 16.8 Å². The summed E-state index contributed by atoms with van der Waals surface area (Å²) in [4.78, 5) is 22.4. The van der Waals surface area contributed by atoms with E-state index in [2.05, 4.69) is 35.2 Å². The first-order valence-corrected chi connectivity index (χ1v) is 8.60. The summed E-state index contributed by atoms with van der Waals surface area (Å²) < 4.78 is 38.6. The fraction of sp³-hybridized carbons (Fsp3) is 0.0625. The van der Waals surface area contributed by atoms with E-state index in [1.54, 1.807) is 0 Å². The Morgan fingerprint density at radius 3 is 2.34 bits per heavy atom. The van der Waals surface area contributed by atoms with Crippen LogP contribution >= 0.6 is 23.2 Å². The molecule has 8 nitrogen and oxygen atoms in total. The normalized spacial score (nSPS) is 11.8. The first kappa shape index (κ1) is 19.2. The van der Waals surface area contributed by atoms with Crippen LogP contribution in [0.15, 0.2) is 30.9 Å². The summed E-state index contributed by atoms with van der Waals surface area (Å²) in [5, 5.41) is 3.23. The van der Waals surface area contributed by atoms with E-state index in [0.717, 1.165) is 12.4 Å². The number of hydrogen-bond donors (Lipinski definition) is 3. The molecule has 0 radical (unpaired) electrons. The van der Waals surface area contributed by atoms with Crippen molar-refractivity contribution in [2.24, 2.45) is 0 Å². The Bertz CT molecular complexity index is 1200. The van der Waals surface area contributed by atoms with Crippen LogP contribution < -0.4 is 11.1 Å². The molecule has 29 heavy (non-hydrogen) atoms. The molecule has 0 aliphatic heterocycles. The van der Waals surface area contributed by atoms with Gasteiger partial charge in [0.2, 0.25) is 0 Å². The minimum atomic E-state index is -4.61. The molecule has 3 heterocycles. The molecule has 4 aromatic rings. The van der Waals surface area contributed by atoms with Crippen molar-refractivity contribution in [2.45, 2.75) is 6.18 Å². The second-order valence-electron chi connectivity index (χ2n) is 5.78. The number of hydrogen-bond acceptors (Lipinski definition) is 7. The highest BCUT2D eigenvalue weighted by Crippen LogP contribution is 2.36. The molecule has 4 N–H and O–H groups in total. The Morgan fingerprint density at radius 1 is 0.966 bits per heavy atom. The summed E-state index contributed by atoms with van der Waals surface area (Å²) in [6, 6.07) is 3.79. The molecule has 1 aromatic carbocycles. The van der Waals surface area contributed by atoms with Crippen molar-refractivity contribution in [1.82, 2.24) is 29.9 Å². The van der Waals surface area contributed by atoms with Crippen LogP contribution in [0.25, 0.3) is 22.6 Å². The van der Waals surface area contributed by atoms with E-state index >= 15 is 0 Å². The lowest BCUT2D eigenvalue weighted by Gasteiger charge is -2.08. The number of aromatic amines is 1. The summed E-state index contributed by atoms with van der Waals surface area (Å²) in [6.45, 7) is 0. The molecule has 0 bridgehead atoms. The fourth-order valence-corrected chi connectivity index (χ4v) is 3.25. The average molecular weight is 441 g/mol. The van der Waals surface area contributed by atoms with Crippen LogP contribution in [0.3, 0.4) is 0 Å². The monoisotopic (exact) mass is 440 g/mol. The van der Waals surface area contributed by atoms with Gasteiger partial charge in [0.1, 0.15) is 35.5 Å². The third kappa shape index (κ3) is 3.74. The number of rotatable bonds is 3. The smallest absolute Gasteiger partial charge is 0.399 e. The first-order chi connectivity index (χ1) is 13.7. The van der Waals surface area contributed by atoms with Gasteiger partial charge in [-0.25, -0.2) is 24.9 Å². The van der Waals surface area contributed by atoms with Crippen molar-refractivity contribution in [3.05, 3.63) is 46.6 Å². The molecule has 0 atom stereocenters. The summed E-state index contributed by atoms with van der Waals surface area (Å²) in [5.74, 6) is 0.340. The maximum absolute atomic E-state index is 12.9. The number of nitrogens with zero attached hydrogens (tertiary/aromatic N) is 5. The number of fused-ring (bicyclic) bond motifs is 1. The summed E-state index contributed by atoms with van der Waals surface area (Å²) in [7, 11) is 0. The number of anilines is 3. The summed E-state index contributed by atoms with van der Waals surface area (Å²) in [5.41, 5.74) is 5.96. The van der Waals surface area contributed by atoms with Crippen molar-refractivity contribution < 1.29 is 13.2 Å². The van der Waals surface area contributed by atoms with Crippen molar-refractivity contribution in [3.8, 4) is 11.4 Å². The van der Waals surface area contributed by atoms with Gasteiger partial charge >= 0.3 is 6.18 Å². The number of nitrogens with one attached hydrogen (secondary N) is 2. The zero-order valence-electron chi connectivity index (χ0n) is 14.1. The Hall–Kier alpha value is -3.18. The lowest BCUT2D eigenvalue weighted by molar-refractivity contribution is -0.141. The van der Waals surface area contributed by atoms with Gasteiger partial charge in [-0.1, -0.05) is 23.2 Å². The molecule has 0 fully saturated rings. The minimum Gasteiger partial charge on any atom is -0.399 e. The number of nitrogen functional groups attached to an aromatic ring is 1. The second-order valence-corrected chi connectivity index (χ2v) is 6.59. The molecule has 0 aliphatic rings. The Morgan fingerprint density at radius 2 is 1.66 bits per heavy atom. The lowest BCUT2D eigenvalue weighted by atomic mass is 10.2. The van der Waals surface area contributed by atoms with E-state index in [9.17, 15) is 13.2 Å². The number of H-pyrrole nitrogens is 1. The van der Waals surface area contributed by atoms with Crippen molar-refractivity contribution in [3.63, 3.8) is 0 Å². The maximum Gasteiger partial charge on any atom is 0.433 e. The predicted molar refractivity (Wildman–Crippen MR) is 102 cm³/mol. The Balaban J connectivity index is 1.77. The van der Waals surface area contributed by atoms with Crippen molar-refractivity contribution >= 4 is 51.7 Å². The van der Waals surface area contributed by atoms with Gasteiger partial charge in [-0.05, 0) is 12.1 Å². The van der Waals surface area contributed by atoms with Crippen molar-refractivity contribution in [2.75, 3.05) is 11.1 Å². The van der Waals surface area contributed by atoms with E-state index in [1.165, 1.54) is 18.5 Å². The highest BCUT2D eigenvalue weighted by molar-refractivity contribution is 6.39. The van der Waals surface area contributed by atoms with E-state index in [4.69, 9.17) is 28.9 Å². The Labute approximate surface area is 170 Å². The van der Waals surface area contributed by atoms with Gasteiger partial charge in [-0.2, -0.15) is 13.2 Å². The standard InChI is InChI=1S/C16H9Cl2F3N8/c17-7-1-6(22)2-8(18)11(7)13-28-12-14(25-5-26-15(12)29-13)27-10-3-9(16(19,20)21)23-4-24-10/h1-5H,22H2,(H2,23,24,25,26,27,28,29). The summed E-state index contributed by atoms with van der Waals surface area (Å²) >= 11 is 12.5. The largest absolute Gasteiger partial charge is 0.433 e. The maximum atomic E-state index is 12.9. The fourth-order valence-electron chi connectivity index (χ4n) is 2.56. The zero-order chi connectivity index (χ0) is 20.8. The third-order valence-corrected chi connectivity index (χ3v) is 4.39. The average Bonchev–Trinajstić information content (AvgIpc) is 3.05. The number of aromatic nitrogens is 6. The number of nitrogens with two attached hydrogens (primary N) is 1. The molecular weight excluding hydrogens is 432 g/mol. The van der Waals surface area contributed by atoms with Crippen LogP contribution in [0.5, 0.6) is 0 Å². The van der Waals surface area contributed by atoms with Crippen LogP contribution in [-0.2, 0) is 6.18 Å². The van der Waals surface area contributed by atoms with Crippen LogP contribution in [0, 0.1) is 0 Å². The van der Waals surface area contributed by atoms with Crippen molar-refractivity contribution in [1.29, 1.82) is 0 Å².